The van der Waals surface area contributed by atoms with Crippen LogP contribution < -0.4 is 11.2 Å². The third-order valence-electron chi connectivity index (χ3n) is 5.38. The van der Waals surface area contributed by atoms with Gasteiger partial charge in [0.05, 0.1) is 35.1 Å². The van der Waals surface area contributed by atoms with Crippen LogP contribution in [0.4, 0.5) is 0 Å². The lowest BCUT2D eigenvalue weighted by atomic mass is 10.2. The number of fused-ring (bicyclic) bond motifs is 1. The van der Waals surface area contributed by atoms with Crippen LogP contribution in [0.5, 0.6) is 0 Å². The third kappa shape index (κ3) is 5.20. The second kappa shape index (κ2) is 8.94. The van der Waals surface area contributed by atoms with Crippen LogP contribution >= 0.6 is 11.3 Å². The number of aliphatic imine (C=N–C) groups is 1. The van der Waals surface area contributed by atoms with Crippen LogP contribution in [0.25, 0.3) is 10.2 Å². The van der Waals surface area contributed by atoms with E-state index in [-0.39, 0.29) is 23.9 Å². The van der Waals surface area contributed by atoms with Crippen LogP contribution in [-0.4, -0.2) is 46.2 Å². The van der Waals surface area contributed by atoms with E-state index in [1.807, 2.05) is 27.7 Å². The largest absolute Gasteiger partial charge is 0.459 e. The summed E-state index contributed by atoms with van der Waals surface area (Å²) < 4.78 is 14.0. The fourth-order valence-corrected chi connectivity index (χ4v) is 4.73. The standard InChI is InChI=1S/C23H33N3O5S/c1-14(2)30-11-10-25-20-18(19(28)26(21(25)29)23(7)8-9-23)15(3)16(32-20)12-24-13-17(27)31-22(4,5)6/h12,14H,8-11,13H2,1-7H3. The lowest BCUT2D eigenvalue weighted by Crippen LogP contribution is -2.45. The van der Waals surface area contributed by atoms with Gasteiger partial charge in [-0.2, -0.15) is 0 Å². The van der Waals surface area contributed by atoms with Crippen molar-refractivity contribution >= 4 is 33.7 Å². The highest BCUT2D eigenvalue weighted by Gasteiger charge is 2.43. The number of esters is 1. The zero-order chi connectivity index (χ0) is 23.8. The van der Waals surface area contributed by atoms with E-state index < -0.39 is 17.1 Å². The molecule has 0 aliphatic heterocycles. The molecule has 0 spiro atoms. The van der Waals surface area contributed by atoms with Gasteiger partial charge in [0.25, 0.3) is 5.56 Å². The van der Waals surface area contributed by atoms with Crippen LogP contribution in [0.3, 0.4) is 0 Å². The van der Waals surface area contributed by atoms with Gasteiger partial charge in [-0.3, -0.25) is 23.7 Å². The molecule has 3 rings (SSSR count). The second-order valence-corrected chi connectivity index (χ2v) is 10.8. The minimum absolute atomic E-state index is 0.0497. The Morgan fingerprint density at radius 1 is 1.28 bits per heavy atom. The highest BCUT2D eigenvalue weighted by Crippen LogP contribution is 2.41. The van der Waals surface area contributed by atoms with Gasteiger partial charge in [0.15, 0.2) is 0 Å². The molecule has 8 nitrogen and oxygen atoms in total. The van der Waals surface area contributed by atoms with Crippen LogP contribution in [0, 0.1) is 6.92 Å². The molecule has 0 unspecified atom stereocenters. The average Bonchev–Trinajstić information content (AvgIpc) is 3.29. The molecule has 2 heterocycles. The van der Waals surface area contributed by atoms with Crippen molar-refractivity contribution in [2.75, 3.05) is 13.2 Å². The molecule has 0 amide bonds. The first-order valence-electron chi connectivity index (χ1n) is 11.0. The maximum Gasteiger partial charge on any atom is 0.332 e. The van der Waals surface area contributed by atoms with Gasteiger partial charge in [-0.15, -0.1) is 11.3 Å². The van der Waals surface area contributed by atoms with Gasteiger partial charge in [0.2, 0.25) is 0 Å². The quantitative estimate of drug-likeness (QED) is 0.443. The summed E-state index contributed by atoms with van der Waals surface area (Å²) in [5.41, 5.74) is -0.792. The molecule has 0 bridgehead atoms. The van der Waals surface area contributed by atoms with Gasteiger partial charge < -0.3 is 9.47 Å². The van der Waals surface area contributed by atoms with Crippen molar-refractivity contribution in [3.05, 3.63) is 31.3 Å². The molecule has 0 aromatic carbocycles. The van der Waals surface area contributed by atoms with E-state index in [2.05, 4.69) is 4.99 Å². The summed E-state index contributed by atoms with van der Waals surface area (Å²) >= 11 is 1.33. The van der Waals surface area contributed by atoms with Gasteiger partial charge in [0, 0.05) is 6.21 Å². The van der Waals surface area contributed by atoms with Crippen LogP contribution in [-0.2, 0) is 26.4 Å². The third-order valence-corrected chi connectivity index (χ3v) is 6.63. The Hall–Kier alpha value is -2.26. The predicted molar refractivity (Wildman–Crippen MR) is 127 cm³/mol. The monoisotopic (exact) mass is 463 g/mol. The first kappa shape index (κ1) is 24.4. The summed E-state index contributed by atoms with van der Waals surface area (Å²) in [5.74, 6) is -0.417. The predicted octanol–water partition coefficient (Wildman–Crippen LogP) is 3.23. The first-order valence-corrected chi connectivity index (χ1v) is 11.8. The van der Waals surface area contributed by atoms with Gasteiger partial charge in [-0.05, 0) is 66.9 Å². The van der Waals surface area contributed by atoms with E-state index in [0.29, 0.717) is 23.4 Å². The topological polar surface area (TPSA) is 91.9 Å². The van der Waals surface area contributed by atoms with Crippen molar-refractivity contribution in [1.82, 2.24) is 9.13 Å². The van der Waals surface area contributed by atoms with E-state index in [9.17, 15) is 14.4 Å². The van der Waals surface area contributed by atoms with Gasteiger partial charge >= 0.3 is 11.7 Å². The Kier molecular flexibility index (Phi) is 6.81. The number of aromatic nitrogens is 2. The number of ether oxygens (including phenoxy) is 2. The number of hydrogen-bond acceptors (Lipinski definition) is 7. The summed E-state index contributed by atoms with van der Waals surface area (Å²) in [7, 11) is 0. The highest BCUT2D eigenvalue weighted by molar-refractivity contribution is 7.20. The number of nitrogens with zero attached hydrogens (tertiary/aromatic N) is 3. The smallest absolute Gasteiger partial charge is 0.332 e. The molecule has 1 aliphatic carbocycles. The lowest BCUT2D eigenvalue weighted by Gasteiger charge is -2.18. The van der Waals surface area contributed by atoms with E-state index in [1.54, 1.807) is 31.6 Å². The summed E-state index contributed by atoms with van der Waals surface area (Å²) in [4.78, 5) is 44.2. The minimum atomic E-state index is -0.571. The molecule has 0 radical (unpaired) electrons. The van der Waals surface area contributed by atoms with Crippen molar-refractivity contribution in [3.63, 3.8) is 0 Å². The summed E-state index contributed by atoms with van der Waals surface area (Å²) in [6, 6.07) is 0. The molecule has 1 saturated carbocycles. The Balaban J connectivity index is 2.02. The van der Waals surface area contributed by atoms with E-state index in [0.717, 1.165) is 23.3 Å². The Labute approximate surface area is 191 Å². The molecule has 32 heavy (non-hydrogen) atoms. The summed E-state index contributed by atoms with van der Waals surface area (Å²) in [6.07, 6.45) is 3.26. The fraction of sp³-hybridized carbons (Fsp3) is 0.652. The van der Waals surface area contributed by atoms with Gasteiger partial charge in [0.1, 0.15) is 17.0 Å². The average molecular weight is 464 g/mol. The Bertz CT molecular complexity index is 1160. The van der Waals surface area contributed by atoms with Crippen molar-refractivity contribution < 1.29 is 14.3 Å². The molecule has 9 heteroatoms. The molecule has 0 N–H and O–H groups in total. The molecule has 176 valence electrons. The number of thiophene rings is 1. The van der Waals surface area contributed by atoms with Crippen LogP contribution in [0.15, 0.2) is 14.6 Å². The van der Waals surface area contributed by atoms with Crippen molar-refractivity contribution in [2.45, 2.75) is 85.1 Å². The Morgan fingerprint density at radius 3 is 2.50 bits per heavy atom. The van der Waals surface area contributed by atoms with Gasteiger partial charge in [-0.25, -0.2) is 4.79 Å². The van der Waals surface area contributed by atoms with Crippen molar-refractivity contribution in [1.29, 1.82) is 0 Å². The van der Waals surface area contributed by atoms with E-state index in [4.69, 9.17) is 9.47 Å². The molecule has 0 saturated heterocycles. The van der Waals surface area contributed by atoms with Crippen molar-refractivity contribution in [3.8, 4) is 0 Å². The zero-order valence-corrected chi connectivity index (χ0v) is 20.8. The van der Waals surface area contributed by atoms with E-state index in [1.165, 1.54) is 15.9 Å². The molecule has 1 fully saturated rings. The maximum atomic E-state index is 13.3. The number of aryl methyl sites for hydroxylation is 1. The maximum absolute atomic E-state index is 13.3. The SMILES string of the molecule is Cc1c(C=NCC(=O)OC(C)(C)C)sc2c1c(=O)n(C1(C)CC1)c(=O)n2CCOC(C)C. The molecule has 2 aromatic rings. The van der Waals surface area contributed by atoms with Crippen LogP contribution in [0.2, 0.25) is 0 Å². The zero-order valence-electron chi connectivity index (χ0n) is 20.0. The first-order chi connectivity index (χ1) is 14.8. The molecule has 0 atom stereocenters. The molecule has 1 aliphatic rings. The molecule has 2 aromatic heterocycles. The summed E-state index contributed by atoms with van der Waals surface area (Å²) in [5, 5.41) is 0.533. The number of rotatable bonds is 8. The lowest BCUT2D eigenvalue weighted by molar-refractivity contribution is -0.152. The second-order valence-electron chi connectivity index (χ2n) is 9.82. The molecular weight excluding hydrogens is 430 g/mol. The minimum Gasteiger partial charge on any atom is -0.459 e. The Morgan fingerprint density at radius 2 is 1.94 bits per heavy atom. The fourth-order valence-electron chi connectivity index (χ4n) is 3.52. The normalized spacial score (nSPS) is 15.8. The summed E-state index contributed by atoms with van der Waals surface area (Å²) in [6.45, 7) is 13.7. The molecular formula is C23H33N3O5S. The number of carbonyl (C=O) groups is 1. The number of carbonyl (C=O) groups excluding carboxylic acids is 1. The number of hydrogen-bond donors (Lipinski definition) is 0. The van der Waals surface area contributed by atoms with Crippen molar-refractivity contribution in [2.24, 2.45) is 4.99 Å². The van der Waals surface area contributed by atoms with E-state index >= 15 is 0 Å². The van der Waals surface area contributed by atoms with Gasteiger partial charge in [-0.1, -0.05) is 0 Å². The highest BCUT2D eigenvalue weighted by atomic mass is 32.1. The van der Waals surface area contributed by atoms with Crippen LogP contribution in [0.1, 0.15) is 64.8 Å².